The number of benzene rings is 1. The molecule has 1 unspecified atom stereocenters. The first-order valence-corrected chi connectivity index (χ1v) is 7.37. The van der Waals surface area contributed by atoms with Crippen molar-refractivity contribution in [3.05, 3.63) is 53.6 Å². The van der Waals surface area contributed by atoms with Crippen LogP contribution >= 0.6 is 0 Å². The summed E-state index contributed by atoms with van der Waals surface area (Å²) in [6.45, 7) is 0.518. The highest BCUT2D eigenvalue weighted by atomic mass is 19.1. The molecule has 112 valence electrons. The first-order chi connectivity index (χ1) is 10.2. The van der Waals surface area contributed by atoms with E-state index in [4.69, 9.17) is 4.74 Å². The Morgan fingerprint density at radius 1 is 1.38 bits per heavy atom. The standard InChI is InChI=1S/C17H21FN2O/c1-19-17(12-6-7-12)14-8-9-20(11-14)10-13-4-3-5-15(21-2)16(13)18/h3-5,8-9,11-12,17,19H,6-7,10H2,1-2H3. The van der Waals surface area contributed by atoms with Gasteiger partial charge in [-0.05, 0) is 43.5 Å². The molecule has 0 aliphatic heterocycles. The SMILES string of the molecule is CNC(c1ccn(Cc2cccc(OC)c2F)c1)C1CC1. The number of methoxy groups -OCH3 is 1. The van der Waals surface area contributed by atoms with Crippen molar-refractivity contribution in [3.63, 3.8) is 0 Å². The lowest BCUT2D eigenvalue weighted by Crippen LogP contribution is -2.17. The second-order valence-corrected chi connectivity index (χ2v) is 5.65. The van der Waals surface area contributed by atoms with Crippen LogP contribution in [0.1, 0.15) is 30.0 Å². The average molecular weight is 288 g/mol. The van der Waals surface area contributed by atoms with Gasteiger partial charge < -0.3 is 14.6 Å². The minimum Gasteiger partial charge on any atom is -0.494 e. The first kappa shape index (κ1) is 14.1. The van der Waals surface area contributed by atoms with E-state index in [1.165, 1.54) is 25.5 Å². The lowest BCUT2D eigenvalue weighted by atomic mass is 10.1. The molecule has 2 aromatic rings. The maximum absolute atomic E-state index is 14.2. The van der Waals surface area contributed by atoms with Crippen LogP contribution in [0.4, 0.5) is 4.39 Å². The Bertz CT molecular complexity index is 619. The van der Waals surface area contributed by atoms with Gasteiger partial charge in [0, 0.05) is 24.0 Å². The molecule has 1 aromatic heterocycles. The van der Waals surface area contributed by atoms with E-state index in [-0.39, 0.29) is 5.82 Å². The van der Waals surface area contributed by atoms with Crippen molar-refractivity contribution in [3.8, 4) is 5.75 Å². The van der Waals surface area contributed by atoms with Crippen molar-refractivity contribution < 1.29 is 9.13 Å². The molecule has 1 aliphatic rings. The van der Waals surface area contributed by atoms with Gasteiger partial charge in [0.15, 0.2) is 11.6 Å². The average Bonchev–Trinajstić information content (AvgIpc) is 3.22. The van der Waals surface area contributed by atoms with Crippen LogP contribution in [0.2, 0.25) is 0 Å². The van der Waals surface area contributed by atoms with Gasteiger partial charge in [0.2, 0.25) is 0 Å². The molecule has 3 rings (SSSR count). The lowest BCUT2D eigenvalue weighted by Gasteiger charge is -2.13. The summed E-state index contributed by atoms with van der Waals surface area (Å²) in [5.41, 5.74) is 1.92. The van der Waals surface area contributed by atoms with Crippen LogP contribution in [-0.4, -0.2) is 18.7 Å². The third kappa shape index (κ3) is 2.95. The largest absolute Gasteiger partial charge is 0.494 e. The maximum atomic E-state index is 14.2. The van der Waals surface area contributed by atoms with Crippen LogP contribution in [0.15, 0.2) is 36.7 Å². The third-order valence-electron chi connectivity index (χ3n) is 4.15. The summed E-state index contributed by atoms with van der Waals surface area (Å²) >= 11 is 0. The Hall–Kier alpha value is -1.81. The van der Waals surface area contributed by atoms with Crippen molar-refractivity contribution in [1.29, 1.82) is 0 Å². The van der Waals surface area contributed by atoms with E-state index in [1.807, 2.05) is 23.9 Å². The monoisotopic (exact) mass is 288 g/mol. The zero-order valence-corrected chi connectivity index (χ0v) is 12.5. The summed E-state index contributed by atoms with van der Waals surface area (Å²) in [5.74, 6) is 0.771. The van der Waals surface area contributed by atoms with Gasteiger partial charge in [-0.3, -0.25) is 0 Å². The highest BCUT2D eigenvalue weighted by Gasteiger charge is 2.31. The van der Waals surface area contributed by atoms with E-state index in [1.54, 1.807) is 12.1 Å². The van der Waals surface area contributed by atoms with Gasteiger partial charge in [-0.1, -0.05) is 12.1 Å². The van der Waals surface area contributed by atoms with Gasteiger partial charge in [-0.25, -0.2) is 4.39 Å². The second-order valence-electron chi connectivity index (χ2n) is 5.65. The molecule has 0 bridgehead atoms. The van der Waals surface area contributed by atoms with Crippen molar-refractivity contribution in [2.75, 3.05) is 14.2 Å². The number of rotatable bonds is 6. The quantitative estimate of drug-likeness (QED) is 0.882. The summed E-state index contributed by atoms with van der Waals surface area (Å²) in [6.07, 6.45) is 6.71. The highest BCUT2D eigenvalue weighted by Crippen LogP contribution is 2.40. The molecule has 0 spiro atoms. The van der Waals surface area contributed by atoms with Crippen LogP contribution in [0.5, 0.6) is 5.75 Å². The predicted molar refractivity (Wildman–Crippen MR) is 81.0 cm³/mol. The molecule has 1 saturated carbocycles. The Kier molecular flexibility index (Phi) is 3.97. The van der Waals surface area contributed by atoms with Crippen molar-refractivity contribution in [2.24, 2.45) is 5.92 Å². The van der Waals surface area contributed by atoms with E-state index in [9.17, 15) is 4.39 Å². The Balaban J connectivity index is 1.78. The van der Waals surface area contributed by atoms with E-state index < -0.39 is 0 Å². The number of hydrogen-bond donors (Lipinski definition) is 1. The summed E-state index contributed by atoms with van der Waals surface area (Å²) in [6, 6.07) is 7.80. The molecule has 1 aliphatic carbocycles. The molecular weight excluding hydrogens is 267 g/mol. The molecule has 0 saturated heterocycles. The number of aromatic nitrogens is 1. The Morgan fingerprint density at radius 2 is 2.19 bits per heavy atom. The summed E-state index contributed by atoms with van der Waals surface area (Å²) in [7, 11) is 3.49. The van der Waals surface area contributed by atoms with E-state index in [0.717, 1.165) is 5.92 Å². The number of hydrogen-bond acceptors (Lipinski definition) is 2. The number of nitrogens with one attached hydrogen (secondary N) is 1. The number of halogens is 1. The Labute approximate surface area is 124 Å². The zero-order valence-electron chi connectivity index (χ0n) is 12.5. The van der Waals surface area contributed by atoms with Gasteiger partial charge in [-0.15, -0.1) is 0 Å². The zero-order chi connectivity index (χ0) is 14.8. The topological polar surface area (TPSA) is 26.2 Å². The molecule has 1 fully saturated rings. The van der Waals surface area contributed by atoms with Crippen LogP contribution in [0, 0.1) is 11.7 Å². The third-order valence-corrected chi connectivity index (χ3v) is 4.15. The molecule has 1 atom stereocenters. The minimum atomic E-state index is -0.275. The summed E-state index contributed by atoms with van der Waals surface area (Å²) in [4.78, 5) is 0. The van der Waals surface area contributed by atoms with Crippen molar-refractivity contribution >= 4 is 0 Å². The molecule has 3 nitrogen and oxygen atoms in total. The fourth-order valence-electron chi connectivity index (χ4n) is 2.88. The van der Waals surface area contributed by atoms with E-state index >= 15 is 0 Å². The van der Waals surface area contributed by atoms with Gasteiger partial charge in [0.1, 0.15) is 0 Å². The van der Waals surface area contributed by atoms with Crippen LogP contribution < -0.4 is 10.1 Å². The molecule has 1 heterocycles. The minimum absolute atomic E-state index is 0.275. The van der Waals surface area contributed by atoms with Crippen LogP contribution in [0.25, 0.3) is 0 Å². The Morgan fingerprint density at radius 3 is 2.86 bits per heavy atom. The number of ether oxygens (including phenoxy) is 1. The fraction of sp³-hybridized carbons (Fsp3) is 0.412. The predicted octanol–water partition coefficient (Wildman–Crippen LogP) is 3.35. The van der Waals surface area contributed by atoms with Gasteiger partial charge >= 0.3 is 0 Å². The molecule has 0 amide bonds. The molecule has 4 heteroatoms. The maximum Gasteiger partial charge on any atom is 0.170 e. The normalized spacial score (nSPS) is 16.0. The lowest BCUT2D eigenvalue weighted by molar-refractivity contribution is 0.383. The molecule has 1 aromatic carbocycles. The van der Waals surface area contributed by atoms with Crippen LogP contribution in [0.3, 0.4) is 0 Å². The number of nitrogens with zero attached hydrogens (tertiary/aromatic N) is 1. The van der Waals surface area contributed by atoms with Gasteiger partial charge in [0.05, 0.1) is 13.7 Å². The molecule has 21 heavy (non-hydrogen) atoms. The van der Waals surface area contributed by atoms with E-state index in [2.05, 4.69) is 17.6 Å². The fourth-order valence-corrected chi connectivity index (χ4v) is 2.88. The van der Waals surface area contributed by atoms with Gasteiger partial charge in [0.25, 0.3) is 0 Å². The highest BCUT2D eigenvalue weighted by molar-refractivity contribution is 5.31. The molecule has 0 radical (unpaired) electrons. The van der Waals surface area contributed by atoms with Crippen molar-refractivity contribution in [1.82, 2.24) is 9.88 Å². The smallest absolute Gasteiger partial charge is 0.170 e. The molecule has 1 N–H and O–H groups in total. The van der Waals surface area contributed by atoms with E-state index in [0.29, 0.717) is 23.9 Å². The van der Waals surface area contributed by atoms with Crippen molar-refractivity contribution in [2.45, 2.75) is 25.4 Å². The first-order valence-electron chi connectivity index (χ1n) is 7.37. The summed E-state index contributed by atoms with van der Waals surface area (Å²) < 4.78 is 21.2. The molecular formula is C17H21FN2O. The van der Waals surface area contributed by atoms with Crippen LogP contribution in [-0.2, 0) is 6.54 Å². The summed E-state index contributed by atoms with van der Waals surface area (Å²) in [5, 5.41) is 3.38. The van der Waals surface area contributed by atoms with Gasteiger partial charge in [-0.2, -0.15) is 0 Å². The second kappa shape index (κ2) is 5.90.